The summed E-state index contributed by atoms with van der Waals surface area (Å²) in [5, 5.41) is 0. The van der Waals surface area contributed by atoms with E-state index < -0.39 is 0 Å². The van der Waals surface area contributed by atoms with Gasteiger partial charge in [-0.2, -0.15) is 0 Å². The van der Waals surface area contributed by atoms with Gasteiger partial charge >= 0.3 is 0 Å². The molecule has 4 aliphatic carbocycles. The van der Waals surface area contributed by atoms with Gasteiger partial charge in [0.2, 0.25) is 0 Å². The Kier molecular flexibility index (Phi) is 6.69. The highest BCUT2D eigenvalue weighted by molar-refractivity contribution is 5.36. The van der Waals surface area contributed by atoms with Crippen molar-refractivity contribution >= 4 is 0 Å². The van der Waals surface area contributed by atoms with E-state index in [0.29, 0.717) is 5.41 Å². The van der Waals surface area contributed by atoms with Gasteiger partial charge in [-0.05, 0) is 139 Å². The smallest absolute Gasteiger partial charge is 0.124 e. The minimum atomic E-state index is 0.0318. The number of benzene rings is 3. The third-order valence-corrected chi connectivity index (χ3v) is 10.2. The molecule has 1 atom stereocenters. The second kappa shape index (κ2) is 9.89. The Morgan fingerprint density at radius 1 is 0.789 bits per heavy atom. The Balaban J connectivity index is 1.24. The van der Waals surface area contributed by atoms with E-state index in [9.17, 15) is 0 Å². The summed E-state index contributed by atoms with van der Waals surface area (Å²) in [7, 11) is 0. The normalized spacial score (nSPS) is 26.9. The van der Waals surface area contributed by atoms with Gasteiger partial charge < -0.3 is 4.74 Å². The van der Waals surface area contributed by atoms with Crippen molar-refractivity contribution in [3.05, 3.63) is 100 Å². The van der Waals surface area contributed by atoms with Crippen molar-refractivity contribution in [3.8, 4) is 5.75 Å². The molecule has 38 heavy (non-hydrogen) atoms. The van der Waals surface area contributed by atoms with E-state index >= 15 is 0 Å². The van der Waals surface area contributed by atoms with E-state index in [2.05, 4.69) is 101 Å². The van der Waals surface area contributed by atoms with Crippen molar-refractivity contribution < 1.29 is 4.74 Å². The monoisotopic (exact) mass is 506 g/mol. The molecule has 3 aromatic rings. The summed E-state index contributed by atoms with van der Waals surface area (Å²) < 4.78 is 6.82. The van der Waals surface area contributed by atoms with E-state index in [4.69, 9.17) is 4.74 Å². The summed E-state index contributed by atoms with van der Waals surface area (Å²) in [6.07, 6.45) is 10.7. The van der Waals surface area contributed by atoms with Crippen molar-refractivity contribution in [2.45, 2.75) is 103 Å². The maximum atomic E-state index is 6.82. The number of aryl methyl sites for hydroxylation is 3. The van der Waals surface area contributed by atoms with Gasteiger partial charge in [-0.1, -0.05) is 75.4 Å². The van der Waals surface area contributed by atoms with Gasteiger partial charge in [0.1, 0.15) is 11.9 Å². The first-order valence-corrected chi connectivity index (χ1v) is 15.1. The molecule has 1 nitrogen and oxygen atoms in total. The van der Waals surface area contributed by atoms with E-state index in [1.165, 1.54) is 66.3 Å². The average molecular weight is 507 g/mol. The Morgan fingerprint density at radius 2 is 1.45 bits per heavy atom. The molecule has 0 spiro atoms. The van der Waals surface area contributed by atoms with Gasteiger partial charge in [-0.15, -0.1) is 0 Å². The molecule has 0 aliphatic heterocycles. The van der Waals surface area contributed by atoms with Crippen LogP contribution < -0.4 is 4.74 Å². The Bertz CT molecular complexity index is 1240. The molecule has 4 fully saturated rings. The molecule has 0 radical (unpaired) electrons. The summed E-state index contributed by atoms with van der Waals surface area (Å²) in [5.74, 6) is 3.93. The lowest BCUT2D eigenvalue weighted by molar-refractivity contribution is -0.00521. The molecule has 0 amide bonds. The van der Waals surface area contributed by atoms with Gasteiger partial charge in [0.05, 0.1) is 0 Å². The fourth-order valence-corrected chi connectivity index (χ4v) is 8.27. The molecule has 4 saturated carbocycles. The van der Waals surface area contributed by atoms with Crippen molar-refractivity contribution in [2.24, 2.45) is 17.8 Å². The number of rotatable bonds is 7. The van der Waals surface area contributed by atoms with Crippen LogP contribution in [0.5, 0.6) is 5.75 Å². The van der Waals surface area contributed by atoms with Gasteiger partial charge in [-0.25, -0.2) is 0 Å². The zero-order valence-electron chi connectivity index (χ0n) is 24.2. The Morgan fingerprint density at radius 3 is 2.05 bits per heavy atom. The maximum absolute atomic E-state index is 6.82. The lowest BCUT2D eigenvalue weighted by atomic mass is 9.48. The second-order valence-corrected chi connectivity index (χ2v) is 14.2. The van der Waals surface area contributed by atoms with Gasteiger partial charge in [0, 0.05) is 0 Å². The first-order chi connectivity index (χ1) is 18.2. The largest absolute Gasteiger partial charge is 0.486 e. The minimum Gasteiger partial charge on any atom is -0.486 e. The molecule has 1 unspecified atom stereocenters. The topological polar surface area (TPSA) is 9.23 Å². The van der Waals surface area contributed by atoms with E-state index in [-0.39, 0.29) is 11.5 Å². The molecule has 4 aliphatic rings. The summed E-state index contributed by atoms with van der Waals surface area (Å²) in [6.45, 7) is 11.3. The molecule has 3 aromatic carbocycles. The fraction of sp³-hybridized carbons (Fsp3) is 0.514. The van der Waals surface area contributed by atoms with Crippen LogP contribution in [0.4, 0.5) is 0 Å². The molecule has 0 N–H and O–H groups in total. The minimum absolute atomic E-state index is 0.0318. The Labute approximate surface area is 231 Å². The Hall–Kier alpha value is -2.54. The van der Waals surface area contributed by atoms with Crippen LogP contribution in [0, 0.1) is 31.6 Å². The summed E-state index contributed by atoms with van der Waals surface area (Å²) >= 11 is 0. The lowest BCUT2D eigenvalue weighted by Gasteiger charge is -2.57. The van der Waals surface area contributed by atoms with Crippen LogP contribution >= 0.6 is 0 Å². The van der Waals surface area contributed by atoms with Crippen LogP contribution in [0.15, 0.2) is 66.7 Å². The summed E-state index contributed by atoms with van der Waals surface area (Å²) in [4.78, 5) is 0. The quantitative estimate of drug-likeness (QED) is 0.310. The number of hydrogen-bond donors (Lipinski definition) is 0. The first kappa shape index (κ1) is 25.7. The van der Waals surface area contributed by atoms with Crippen molar-refractivity contribution in [2.75, 3.05) is 0 Å². The fourth-order valence-electron chi connectivity index (χ4n) is 8.27. The van der Waals surface area contributed by atoms with Crippen LogP contribution in [0.1, 0.15) is 105 Å². The molecule has 0 aromatic heterocycles. The molecule has 1 heteroatoms. The summed E-state index contributed by atoms with van der Waals surface area (Å²) in [6, 6.07) is 25.3. The predicted octanol–water partition coefficient (Wildman–Crippen LogP) is 9.82. The standard InChI is InChI=1S/C37H46O/c1-25-9-10-27(17-26(25)2)11-16-35(31-7-6-8-33(21-31)36(3,4)5)38-34-14-12-32(13-15-34)37-22-28-18-29(23-37)20-30(19-28)24-37/h6-10,12-15,17,21,28-30,35H,11,16,18-20,22-24H2,1-5H3. The highest BCUT2D eigenvalue weighted by Crippen LogP contribution is 2.60. The third kappa shape index (κ3) is 5.18. The average Bonchev–Trinajstić information content (AvgIpc) is 2.87. The van der Waals surface area contributed by atoms with Gasteiger partial charge in [-0.3, -0.25) is 0 Å². The molecule has 200 valence electrons. The van der Waals surface area contributed by atoms with E-state index in [0.717, 1.165) is 36.3 Å². The van der Waals surface area contributed by atoms with E-state index in [1.54, 1.807) is 5.56 Å². The molecular formula is C37H46O. The molecule has 0 saturated heterocycles. The van der Waals surface area contributed by atoms with Crippen molar-refractivity contribution in [1.82, 2.24) is 0 Å². The highest BCUT2D eigenvalue weighted by atomic mass is 16.5. The van der Waals surface area contributed by atoms with Crippen LogP contribution in [0.2, 0.25) is 0 Å². The predicted molar refractivity (Wildman–Crippen MR) is 159 cm³/mol. The molecular weight excluding hydrogens is 460 g/mol. The maximum Gasteiger partial charge on any atom is 0.124 e. The second-order valence-electron chi connectivity index (χ2n) is 14.2. The van der Waals surface area contributed by atoms with Crippen molar-refractivity contribution in [1.29, 1.82) is 0 Å². The van der Waals surface area contributed by atoms with Crippen LogP contribution in [-0.4, -0.2) is 0 Å². The van der Waals surface area contributed by atoms with E-state index in [1.807, 2.05) is 0 Å². The lowest BCUT2D eigenvalue weighted by Crippen LogP contribution is -2.48. The number of hydrogen-bond acceptors (Lipinski definition) is 1. The zero-order valence-corrected chi connectivity index (χ0v) is 24.2. The van der Waals surface area contributed by atoms with Crippen LogP contribution in [0.25, 0.3) is 0 Å². The number of ether oxygens (including phenoxy) is 1. The van der Waals surface area contributed by atoms with Crippen molar-refractivity contribution in [3.63, 3.8) is 0 Å². The van der Waals surface area contributed by atoms with Crippen LogP contribution in [-0.2, 0) is 17.3 Å². The molecule has 0 heterocycles. The van der Waals surface area contributed by atoms with Gasteiger partial charge in [0.15, 0.2) is 0 Å². The SMILES string of the molecule is Cc1ccc(CCC(Oc2ccc(C34CC5CC(CC(C5)C3)C4)cc2)c2cccc(C(C)(C)C)c2)cc1C. The van der Waals surface area contributed by atoms with Gasteiger partial charge in [0.25, 0.3) is 0 Å². The summed E-state index contributed by atoms with van der Waals surface area (Å²) in [5.41, 5.74) is 8.91. The third-order valence-electron chi connectivity index (χ3n) is 10.2. The molecule has 7 rings (SSSR count). The first-order valence-electron chi connectivity index (χ1n) is 15.1. The van der Waals surface area contributed by atoms with Crippen LogP contribution in [0.3, 0.4) is 0 Å². The zero-order chi connectivity index (χ0) is 26.5. The highest BCUT2D eigenvalue weighted by Gasteiger charge is 2.51. The molecule has 4 bridgehead atoms.